The van der Waals surface area contributed by atoms with Gasteiger partial charge in [-0.2, -0.15) is 4.31 Å². The number of hydrogen-bond acceptors (Lipinski definition) is 4. The van der Waals surface area contributed by atoms with Crippen LogP contribution < -0.4 is 5.73 Å². The van der Waals surface area contributed by atoms with Crippen LogP contribution >= 0.6 is 0 Å². The van der Waals surface area contributed by atoms with Gasteiger partial charge in [0.1, 0.15) is 0 Å². The third-order valence-electron chi connectivity index (χ3n) is 3.21. The summed E-state index contributed by atoms with van der Waals surface area (Å²) in [6, 6.07) is 7.16. The average Bonchev–Trinajstić information content (AvgIpc) is 2.94. The van der Waals surface area contributed by atoms with E-state index in [9.17, 15) is 8.42 Å². The van der Waals surface area contributed by atoms with Gasteiger partial charge < -0.3 is 10.7 Å². The molecule has 2 aromatic rings. The van der Waals surface area contributed by atoms with Crippen molar-refractivity contribution in [2.24, 2.45) is 5.73 Å². The van der Waals surface area contributed by atoms with Crippen LogP contribution in [0.15, 0.2) is 35.4 Å². The Morgan fingerprint density at radius 2 is 2.14 bits per heavy atom. The van der Waals surface area contributed by atoms with Crippen molar-refractivity contribution < 1.29 is 8.42 Å². The van der Waals surface area contributed by atoms with E-state index in [0.29, 0.717) is 12.2 Å². The summed E-state index contributed by atoms with van der Waals surface area (Å²) in [4.78, 5) is 7.46. The normalized spacial score (nSPS) is 12.0. The lowest BCUT2D eigenvalue weighted by atomic mass is 10.3. The number of nitrogens with two attached hydrogens (primary N) is 1. The highest BCUT2D eigenvalue weighted by Crippen LogP contribution is 2.18. The molecule has 0 radical (unpaired) electrons. The van der Waals surface area contributed by atoms with Crippen molar-refractivity contribution in [1.82, 2.24) is 14.3 Å². The lowest BCUT2D eigenvalue weighted by molar-refractivity contribution is 0.419. The number of nitrogens with zero attached hydrogens (tertiary/aromatic N) is 2. The van der Waals surface area contributed by atoms with E-state index >= 15 is 0 Å². The van der Waals surface area contributed by atoms with Crippen LogP contribution in [0, 0.1) is 6.92 Å². The van der Waals surface area contributed by atoms with Crippen molar-refractivity contribution in [3.63, 3.8) is 0 Å². The highest BCUT2D eigenvalue weighted by atomic mass is 32.2. The monoisotopic (exact) mass is 308 g/mol. The molecule has 2 rings (SSSR count). The van der Waals surface area contributed by atoms with Gasteiger partial charge in [-0.15, -0.1) is 0 Å². The zero-order valence-electron chi connectivity index (χ0n) is 12.2. The first-order chi connectivity index (χ1) is 9.97. The standard InChI is InChI=1S/C14H20N4O2S/c1-3-18(10-12-6-4-5-11(2)17-12)21(19,20)14-7-13(8-15)16-9-14/h4-7,9,16H,3,8,10,15H2,1-2H3. The quantitative estimate of drug-likeness (QED) is 0.843. The summed E-state index contributed by atoms with van der Waals surface area (Å²) in [5.41, 5.74) is 7.80. The fourth-order valence-electron chi connectivity index (χ4n) is 2.07. The Bertz CT molecular complexity index is 709. The summed E-state index contributed by atoms with van der Waals surface area (Å²) in [7, 11) is -3.54. The van der Waals surface area contributed by atoms with E-state index < -0.39 is 10.0 Å². The van der Waals surface area contributed by atoms with E-state index in [1.807, 2.05) is 32.0 Å². The molecule has 0 saturated heterocycles. The molecule has 0 aliphatic carbocycles. The predicted molar refractivity (Wildman–Crippen MR) is 80.9 cm³/mol. The Morgan fingerprint density at radius 1 is 1.38 bits per heavy atom. The molecule has 2 heterocycles. The minimum Gasteiger partial charge on any atom is -0.363 e. The van der Waals surface area contributed by atoms with Crippen molar-refractivity contribution in [1.29, 1.82) is 0 Å². The highest BCUT2D eigenvalue weighted by molar-refractivity contribution is 7.89. The molecule has 0 bridgehead atoms. The van der Waals surface area contributed by atoms with Gasteiger partial charge in [-0.25, -0.2) is 8.42 Å². The zero-order valence-corrected chi connectivity index (χ0v) is 13.0. The molecule has 0 aromatic carbocycles. The van der Waals surface area contributed by atoms with E-state index in [1.165, 1.54) is 10.5 Å². The molecule has 0 aliphatic heterocycles. The third-order valence-corrected chi connectivity index (χ3v) is 5.11. The zero-order chi connectivity index (χ0) is 15.5. The number of pyridine rings is 1. The summed E-state index contributed by atoms with van der Waals surface area (Å²) in [5.74, 6) is 0. The summed E-state index contributed by atoms with van der Waals surface area (Å²) < 4.78 is 26.6. The Balaban J connectivity index is 2.27. The van der Waals surface area contributed by atoms with Gasteiger partial charge in [-0.1, -0.05) is 13.0 Å². The van der Waals surface area contributed by atoms with Gasteiger partial charge in [0.25, 0.3) is 0 Å². The third kappa shape index (κ3) is 3.49. The Kier molecular flexibility index (Phi) is 4.76. The molecule has 0 unspecified atom stereocenters. The maximum absolute atomic E-state index is 12.6. The second kappa shape index (κ2) is 6.38. The Labute approximate surface area is 125 Å². The second-order valence-corrected chi connectivity index (χ2v) is 6.70. The number of aromatic nitrogens is 2. The van der Waals surface area contributed by atoms with Crippen molar-refractivity contribution in [3.8, 4) is 0 Å². The van der Waals surface area contributed by atoms with Gasteiger partial charge in [0, 0.05) is 30.7 Å². The molecule has 7 heteroatoms. The van der Waals surface area contributed by atoms with Crippen LogP contribution in [0.3, 0.4) is 0 Å². The first kappa shape index (κ1) is 15.7. The molecule has 0 fully saturated rings. The minimum atomic E-state index is -3.54. The fraction of sp³-hybridized carbons (Fsp3) is 0.357. The number of rotatable bonds is 6. The second-order valence-electron chi connectivity index (χ2n) is 4.77. The van der Waals surface area contributed by atoms with Crippen molar-refractivity contribution >= 4 is 10.0 Å². The molecule has 0 saturated carbocycles. The Hall–Kier alpha value is -1.70. The molecule has 3 N–H and O–H groups in total. The molecule has 2 aromatic heterocycles. The van der Waals surface area contributed by atoms with Gasteiger partial charge in [0.2, 0.25) is 10.0 Å². The van der Waals surface area contributed by atoms with Crippen LogP contribution in [-0.2, 0) is 23.1 Å². The van der Waals surface area contributed by atoms with Crippen LogP contribution in [-0.4, -0.2) is 29.2 Å². The maximum Gasteiger partial charge on any atom is 0.244 e. The van der Waals surface area contributed by atoms with E-state index in [0.717, 1.165) is 11.4 Å². The van der Waals surface area contributed by atoms with Crippen molar-refractivity contribution in [3.05, 3.63) is 47.5 Å². The van der Waals surface area contributed by atoms with Gasteiger partial charge in [-0.05, 0) is 25.1 Å². The largest absolute Gasteiger partial charge is 0.363 e. The van der Waals surface area contributed by atoms with Crippen molar-refractivity contribution in [2.75, 3.05) is 6.54 Å². The van der Waals surface area contributed by atoms with E-state index in [2.05, 4.69) is 9.97 Å². The summed E-state index contributed by atoms with van der Waals surface area (Å²) in [6.07, 6.45) is 1.48. The van der Waals surface area contributed by atoms with Crippen LogP contribution in [0.5, 0.6) is 0 Å². The van der Waals surface area contributed by atoms with Crippen LogP contribution in [0.1, 0.15) is 24.0 Å². The smallest absolute Gasteiger partial charge is 0.244 e. The van der Waals surface area contributed by atoms with Crippen LogP contribution in [0.2, 0.25) is 0 Å². The number of H-pyrrole nitrogens is 1. The van der Waals surface area contributed by atoms with Crippen molar-refractivity contribution in [2.45, 2.75) is 31.8 Å². The average molecular weight is 308 g/mol. The van der Waals surface area contributed by atoms with E-state index in [4.69, 9.17) is 5.73 Å². The number of sulfonamides is 1. The van der Waals surface area contributed by atoms with E-state index in [-0.39, 0.29) is 18.0 Å². The number of aryl methyl sites for hydroxylation is 1. The molecule has 0 aliphatic rings. The fourth-order valence-corrected chi connectivity index (χ4v) is 3.51. The topological polar surface area (TPSA) is 92.1 Å². The summed E-state index contributed by atoms with van der Waals surface area (Å²) in [5, 5.41) is 0. The van der Waals surface area contributed by atoms with Gasteiger partial charge >= 0.3 is 0 Å². The first-order valence-electron chi connectivity index (χ1n) is 6.77. The molecular weight excluding hydrogens is 288 g/mol. The lowest BCUT2D eigenvalue weighted by Gasteiger charge is -2.19. The summed E-state index contributed by atoms with van der Waals surface area (Å²) >= 11 is 0. The molecule has 0 atom stereocenters. The minimum absolute atomic E-state index is 0.234. The molecular formula is C14H20N4O2S. The molecule has 21 heavy (non-hydrogen) atoms. The molecule has 114 valence electrons. The molecule has 6 nitrogen and oxygen atoms in total. The first-order valence-corrected chi connectivity index (χ1v) is 8.21. The Morgan fingerprint density at radius 3 is 2.71 bits per heavy atom. The maximum atomic E-state index is 12.6. The molecule has 0 amide bonds. The lowest BCUT2D eigenvalue weighted by Crippen LogP contribution is -2.30. The van der Waals surface area contributed by atoms with Gasteiger partial charge in [0.05, 0.1) is 17.1 Å². The highest BCUT2D eigenvalue weighted by Gasteiger charge is 2.24. The van der Waals surface area contributed by atoms with Gasteiger partial charge in [0.15, 0.2) is 0 Å². The summed E-state index contributed by atoms with van der Waals surface area (Å²) in [6.45, 7) is 4.60. The SMILES string of the molecule is CCN(Cc1cccc(C)n1)S(=O)(=O)c1c[nH]c(CN)c1. The van der Waals surface area contributed by atoms with Gasteiger partial charge in [-0.3, -0.25) is 4.98 Å². The number of aromatic amines is 1. The van der Waals surface area contributed by atoms with Crippen LogP contribution in [0.25, 0.3) is 0 Å². The number of hydrogen-bond donors (Lipinski definition) is 2. The number of nitrogens with one attached hydrogen (secondary N) is 1. The van der Waals surface area contributed by atoms with E-state index in [1.54, 1.807) is 6.07 Å². The predicted octanol–water partition coefficient (Wildman–Crippen LogP) is 1.39. The molecule has 0 spiro atoms. The van der Waals surface area contributed by atoms with Crippen LogP contribution in [0.4, 0.5) is 0 Å².